The van der Waals surface area contributed by atoms with E-state index in [1.165, 1.54) is 12.3 Å². The van der Waals surface area contributed by atoms with Gasteiger partial charge in [0.25, 0.3) is 5.56 Å². The molecule has 0 saturated carbocycles. The van der Waals surface area contributed by atoms with Crippen molar-refractivity contribution in [2.24, 2.45) is 0 Å². The lowest BCUT2D eigenvalue weighted by Crippen LogP contribution is -2.19. The van der Waals surface area contributed by atoms with E-state index in [1.807, 2.05) is 30.3 Å². The summed E-state index contributed by atoms with van der Waals surface area (Å²) in [5.74, 6) is 0.787. The molecular weight excluding hydrogens is 318 g/mol. The summed E-state index contributed by atoms with van der Waals surface area (Å²) < 4.78 is 0.546. The summed E-state index contributed by atoms with van der Waals surface area (Å²) in [6.07, 6.45) is 3.28. The Hall–Kier alpha value is -3.61. The largest absolute Gasteiger partial charge is 0.423 e. The summed E-state index contributed by atoms with van der Waals surface area (Å²) in [6.45, 7) is 0.457. The molecule has 0 aliphatic carbocycles. The molecule has 0 aliphatic heterocycles. The van der Waals surface area contributed by atoms with Crippen LogP contribution in [0.3, 0.4) is 0 Å². The molecule has 0 unspecified atom stereocenters. The van der Waals surface area contributed by atoms with Crippen LogP contribution in [0.1, 0.15) is 5.69 Å². The SMILES string of the molecule is O=c1cc(NCc2cnc(-c3ccccc3)[nH]2)c2cccnc2n1O. The summed E-state index contributed by atoms with van der Waals surface area (Å²) in [6, 6.07) is 14.7. The molecule has 4 aromatic rings. The Morgan fingerprint density at radius 1 is 1.12 bits per heavy atom. The van der Waals surface area contributed by atoms with Gasteiger partial charge in [0.15, 0.2) is 5.65 Å². The van der Waals surface area contributed by atoms with Gasteiger partial charge in [-0.15, -0.1) is 4.73 Å². The van der Waals surface area contributed by atoms with Crippen LogP contribution in [0.4, 0.5) is 5.69 Å². The number of rotatable bonds is 4. The van der Waals surface area contributed by atoms with Crippen molar-refractivity contribution in [1.29, 1.82) is 0 Å². The second-order valence-corrected chi connectivity index (χ2v) is 5.56. The molecule has 1 aromatic carbocycles. The zero-order valence-electron chi connectivity index (χ0n) is 13.2. The Morgan fingerprint density at radius 2 is 1.96 bits per heavy atom. The molecule has 3 N–H and O–H groups in total. The number of hydrogen-bond acceptors (Lipinski definition) is 5. The van der Waals surface area contributed by atoms with Crippen molar-refractivity contribution in [1.82, 2.24) is 19.7 Å². The summed E-state index contributed by atoms with van der Waals surface area (Å²) in [5, 5.41) is 13.7. The second-order valence-electron chi connectivity index (χ2n) is 5.56. The maximum Gasteiger partial charge on any atom is 0.286 e. The number of anilines is 1. The molecular formula is C18H15N5O2. The average molecular weight is 333 g/mol. The molecule has 0 aliphatic rings. The number of pyridine rings is 2. The fourth-order valence-electron chi connectivity index (χ4n) is 2.67. The van der Waals surface area contributed by atoms with Crippen LogP contribution in [0.2, 0.25) is 0 Å². The number of nitrogens with zero attached hydrogens (tertiary/aromatic N) is 3. The molecule has 4 rings (SSSR count). The fourth-order valence-corrected chi connectivity index (χ4v) is 2.67. The van der Waals surface area contributed by atoms with Crippen LogP contribution in [0.15, 0.2) is 65.7 Å². The van der Waals surface area contributed by atoms with Gasteiger partial charge in [0.1, 0.15) is 5.82 Å². The highest BCUT2D eigenvalue weighted by molar-refractivity contribution is 5.88. The van der Waals surface area contributed by atoms with Gasteiger partial charge in [-0.1, -0.05) is 30.3 Å². The average Bonchev–Trinajstić information content (AvgIpc) is 3.13. The molecule has 0 saturated heterocycles. The summed E-state index contributed by atoms with van der Waals surface area (Å²) in [7, 11) is 0. The number of benzene rings is 1. The number of imidazole rings is 1. The Morgan fingerprint density at radius 3 is 2.80 bits per heavy atom. The van der Waals surface area contributed by atoms with E-state index < -0.39 is 5.56 Å². The standard InChI is InChI=1S/C18H15N5O2/c24-16-9-15(14-7-4-8-19-18(14)23(16)25)20-10-13-11-21-17(22-13)12-5-2-1-3-6-12/h1-9,11,20,25H,10H2,(H,21,22). The van der Waals surface area contributed by atoms with Crippen LogP contribution >= 0.6 is 0 Å². The highest BCUT2D eigenvalue weighted by atomic mass is 16.5. The lowest BCUT2D eigenvalue weighted by Gasteiger charge is -2.09. The van der Waals surface area contributed by atoms with Gasteiger partial charge >= 0.3 is 0 Å². The number of nitrogens with one attached hydrogen (secondary N) is 2. The van der Waals surface area contributed by atoms with E-state index in [-0.39, 0.29) is 5.65 Å². The molecule has 0 amide bonds. The second kappa shape index (κ2) is 6.12. The molecule has 7 heteroatoms. The molecule has 7 nitrogen and oxygen atoms in total. The van der Waals surface area contributed by atoms with Crippen molar-refractivity contribution in [2.75, 3.05) is 5.32 Å². The van der Waals surface area contributed by atoms with Crippen molar-refractivity contribution in [3.63, 3.8) is 0 Å². The first-order chi connectivity index (χ1) is 12.2. The minimum absolute atomic E-state index is 0.215. The monoisotopic (exact) mass is 333 g/mol. The lowest BCUT2D eigenvalue weighted by molar-refractivity contribution is 0.187. The van der Waals surface area contributed by atoms with Crippen LogP contribution in [-0.2, 0) is 6.54 Å². The van der Waals surface area contributed by atoms with Crippen molar-refractivity contribution in [3.05, 3.63) is 77.0 Å². The van der Waals surface area contributed by atoms with Crippen molar-refractivity contribution in [3.8, 4) is 11.4 Å². The molecule has 0 fully saturated rings. The third-order valence-electron chi connectivity index (χ3n) is 3.90. The highest BCUT2D eigenvalue weighted by Gasteiger charge is 2.09. The van der Waals surface area contributed by atoms with Gasteiger partial charge in [0, 0.05) is 23.2 Å². The number of fused-ring (bicyclic) bond motifs is 1. The van der Waals surface area contributed by atoms with E-state index >= 15 is 0 Å². The Bertz CT molecular complexity index is 1090. The van der Waals surface area contributed by atoms with Gasteiger partial charge in [0.05, 0.1) is 24.1 Å². The molecule has 25 heavy (non-hydrogen) atoms. The number of hydrogen-bond donors (Lipinski definition) is 3. The molecule has 3 heterocycles. The maximum atomic E-state index is 11.9. The molecule has 0 bridgehead atoms. The van der Waals surface area contributed by atoms with Crippen LogP contribution in [0.25, 0.3) is 22.4 Å². The van der Waals surface area contributed by atoms with E-state index in [9.17, 15) is 10.0 Å². The van der Waals surface area contributed by atoms with Gasteiger partial charge < -0.3 is 15.5 Å². The van der Waals surface area contributed by atoms with Crippen LogP contribution in [0.5, 0.6) is 0 Å². The Kier molecular flexibility index (Phi) is 3.66. The quantitative estimate of drug-likeness (QED) is 0.499. The fraction of sp³-hybridized carbons (Fsp3) is 0.0556. The van der Waals surface area contributed by atoms with E-state index in [0.29, 0.717) is 22.3 Å². The minimum Gasteiger partial charge on any atom is -0.423 e. The maximum absolute atomic E-state index is 11.9. The van der Waals surface area contributed by atoms with Crippen LogP contribution < -0.4 is 10.9 Å². The summed E-state index contributed by atoms with van der Waals surface area (Å²) >= 11 is 0. The highest BCUT2D eigenvalue weighted by Crippen LogP contribution is 2.20. The normalized spacial score (nSPS) is 10.9. The molecule has 0 spiro atoms. The molecule has 0 atom stereocenters. The third kappa shape index (κ3) is 2.83. The topological polar surface area (TPSA) is 95.8 Å². The van der Waals surface area contributed by atoms with Gasteiger partial charge in [-0.25, -0.2) is 9.97 Å². The first-order valence-electron chi connectivity index (χ1n) is 7.75. The number of aromatic nitrogens is 4. The van der Waals surface area contributed by atoms with E-state index in [2.05, 4.69) is 20.3 Å². The molecule has 124 valence electrons. The number of H-pyrrole nitrogens is 1. The van der Waals surface area contributed by atoms with E-state index in [0.717, 1.165) is 17.1 Å². The number of aromatic amines is 1. The van der Waals surface area contributed by atoms with Crippen molar-refractivity contribution < 1.29 is 5.21 Å². The lowest BCUT2D eigenvalue weighted by atomic mass is 10.2. The van der Waals surface area contributed by atoms with Gasteiger partial charge in [-0.05, 0) is 12.1 Å². The van der Waals surface area contributed by atoms with Crippen LogP contribution in [-0.4, -0.2) is 24.9 Å². The zero-order valence-corrected chi connectivity index (χ0v) is 13.2. The summed E-state index contributed by atoms with van der Waals surface area (Å²) in [4.78, 5) is 23.6. The Labute approximate surface area is 142 Å². The third-order valence-corrected chi connectivity index (χ3v) is 3.90. The van der Waals surface area contributed by atoms with Crippen molar-refractivity contribution >= 4 is 16.7 Å². The Balaban J connectivity index is 1.60. The van der Waals surface area contributed by atoms with Crippen molar-refractivity contribution in [2.45, 2.75) is 6.54 Å². The smallest absolute Gasteiger partial charge is 0.286 e. The van der Waals surface area contributed by atoms with E-state index in [1.54, 1.807) is 18.3 Å². The molecule has 3 aromatic heterocycles. The van der Waals surface area contributed by atoms with Gasteiger partial charge in [0.2, 0.25) is 0 Å². The van der Waals surface area contributed by atoms with Gasteiger partial charge in [-0.2, -0.15) is 0 Å². The van der Waals surface area contributed by atoms with Crippen LogP contribution in [0, 0.1) is 0 Å². The van der Waals surface area contributed by atoms with Gasteiger partial charge in [-0.3, -0.25) is 4.79 Å². The van der Waals surface area contributed by atoms with E-state index in [4.69, 9.17) is 0 Å². The zero-order chi connectivity index (χ0) is 17.2. The minimum atomic E-state index is -0.539. The summed E-state index contributed by atoms with van der Waals surface area (Å²) in [5.41, 5.74) is 2.17. The predicted molar refractivity (Wildman–Crippen MR) is 94.5 cm³/mol. The first-order valence-corrected chi connectivity index (χ1v) is 7.75. The molecule has 0 radical (unpaired) electrons. The predicted octanol–water partition coefficient (Wildman–Crippen LogP) is 2.64. The first kappa shape index (κ1) is 14.9.